The van der Waals surface area contributed by atoms with Crippen molar-refractivity contribution in [2.24, 2.45) is 16.1 Å². The molecule has 0 radical (unpaired) electrons. The van der Waals surface area contributed by atoms with Gasteiger partial charge in [0.1, 0.15) is 17.0 Å². The number of pyridine rings is 1. The molecule has 1 aliphatic heterocycles. The zero-order chi connectivity index (χ0) is 35.8. The second-order valence-electron chi connectivity index (χ2n) is 15.6. The number of furan rings is 1. The first kappa shape index (κ1) is 37.9. The van der Waals surface area contributed by atoms with Gasteiger partial charge >= 0.3 is 12.2 Å². The van der Waals surface area contributed by atoms with Crippen LogP contribution in [0.3, 0.4) is 0 Å². The monoisotopic (exact) mass is 680 g/mol. The summed E-state index contributed by atoms with van der Waals surface area (Å²) in [5.74, 6) is 0.537. The van der Waals surface area contributed by atoms with Crippen molar-refractivity contribution in [1.29, 1.82) is 0 Å². The minimum Gasteiger partial charge on any atom is -0.459 e. The molecule has 0 spiro atoms. The van der Waals surface area contributed by atoms with Gasteiger partial charge in [-0.05, 0) is 123 Å². The molecule has 12 nitrogen and oxygen atoms in total. The SMILES string of the molecule is Cc1ccc(N(C(=O)c2ccco2)C2CCN(CCC3(CCN(C(=O)OC(C)(C)C)/C(N)=N/C(=O)OC(C)(C)C)CCCCC3)CC2)nc1. The number of carbonyl (C=O) groups is 3. The number of piperidine rings is 1. The second-order valence-corrected chi connectivity index (χ2v) is 15.6. The van der Waals surface area contributed by atoms with Crippen molar-refractivity contribution in [3.8, 4) is 0 Å². The molecule has 0 unspecified atom stereocenters. The highest BCUT2D eigenvalue weighted by Crippen LogP contribution is 2.43. The van der Waals surface area contributed by atoms with Crippen LogP contribution in [-0.2, 0) is 9.47 Å². The van der Waals surface area contributed by atoms with Crippen LogP contribution in [-0.4, -0.2) is 82.3 Å². The molecule has 1 aliphatic carbocycles. The van der Waals surface area contributed by atoms with Crippen molar-refractivity contribution in [2.75, 3.05) is 31.1 Å². The summed E-state index contributed by atoms with van der Waals surface area (Å²) in [6.45, 7) is 15.5. The van der Waals surface area contributed by atoms with Gasteiger partial charge in [-0.1, -0.05) is 25.3 Å². The number of aliphatic imine (C=N–C) groups is 1. The number of rotatable bonds is 9. The van der Waals surface area contributed by atoms with Crippen molar-refractivity contribution in [2.45, 2.75) is 123 Å². The molecule has 1 saturated heterocycles. The fourth-order valence-electron chi connectivity index (χ4n) is 6.71. The fourth-order valence-corrected chi connectivity index (χ4v) is 6.71. The topological polar surface area (TPSA) is 144 Å². The van der Waals surface area contributed by atoms with E-state index in [9.17, 15) is 14.4 Å². The Morgan fingerprint density at radius 1 is 1.00 bits per heavy atom. The number of amides is 3. The fraction of sp³-hybridized carbons (Fsp3) is 0.649. The largest absolute Gasteiger partial charge is 0.459 e. The number of ether oxygens (including phenoxy) is 2. The van der Waals surface area contributed by atoms with E-state index in [0.29, 0.717) is 18.0 Å². The van der Waals surface area contributed by atoms with Crippen LogP contribution < -0.4 is 10.6 Å². The van der Waals surface area contributed by atoms with Crippen molar-refractivity contribution in [3.05, 3.63) is 48.0 Å². The number of likely N-dealkylation sites (tertiary alicyclic amines) is 1. The normalized spacial score (nSPS) is 17.7. The van der Waals surface area contributed by atoms with Gasteiger partial charge in [0.05, 0.1) is 6.26 Å². The maximum absolute atomic E-state index is 13.6. The van der Waals surface area contributed by atoms with E-state index in [4.69, 9.17) is 19.6 Å². The molecule has 2 aromatic heterocycles. The third-order valence-corrected chi connectivity index (χ3v) is 9.24. The van der Waals surface area contributed by atoms with E-state index in [0.717, 1.165) is 70.1 Å². The number of hydrogen-bond donors (Lipinski definition) is 1. The van der Waals surface area contributed by atoms with Gasteiger partial charge in [-0.2, -0.15) is 0 Å². The zero-order valence-electron chi connectivity index (χ0n) is 30.5. The highest BCUT2D eigenvalue weighted by molar-refractivity contribution is 6.04. The summed E-state index contributed by atoms with van der Waals surface area (Å²) in [6.07, 6.45) is 10.7. The molecule has 2 N–H and O–H groups in total. The summed E-state index contributed by atoms with van der Waals surface area (Å²) in [5, 5.41) is 0. The van der Waals surface area contributed by atoms with E-state index >= 15 is 0 Å². The average Bonchev–Trinajstić information content (AvgIpc) is 3.56. The van der Waals surface area contributed by atoms with Crippen LogP contribution in [0.25, 0.3) is 0 Å². The standard InChI is InChI=1S/C37H56N6O6/c1-27-13-14-30(39-26-27)43(31(44)29-12-11-25-47-29)28-15-21-41(22-16-28)23-19-37(17-9-8-10-18-37)20-24-42(34(46)49-36(5,6)7)32(38)40-33(45)48-35(2,3)4/h11-14,25-26,28H,8-10,15-24H2,1-7H3,(H2,38,40,45). The molecule has 49 heavy (non-hydrogen) atoms. The predicted molar refractivity (Wildman–Crippen MR) is 190 cm³/mol. The third kappa shape index (κ3) is 11.3. The maximum atomic E-state index is 13.6. The molecular formula is C37H56N6O6. The lowest BCUT2D eigenvalue weighted by Crippen LogP contribution is -2.49. The van der Waals surface area contributed by atoms with E-state index in [-0.39, 0.29) is 29.9 Å². The van der Waals surface area contributed by atoms with Crippen LogP contribution >= 0.6 is 0 Å². The minimum absolute atomic E-state index is 0.00215. The molecule has 1 saturated carbocycles. The molecule has 0 bridgehead atoms. The highest BCUT2D eigenvalue weighted by Gasteiger charge is 2.37. The lowest BCUT2D eigenvalue weighted by atomic mass is 9.69. The van der Waals surface area contributed by atoms with Crippen LogP contribution in [0.2, 0.25) is 0 Å². The molecule has 3 heterocycles. The molecule has 0 aromatic carbocycles. The van der Waals surface area contributed by atoms with Crippen LogP contribution in [0.5, 0.6) is 0 Å². The van der Waals surface area contributed by atoms with Crippen molar-refractivity contribution in [1.82, 2.24) is 14.8 Å². The third-order valence-electron chi connectivity index (χ3n) is 9.24. The molecule has 4 rings (SSSR count). The van der Waals surface area contributed by atoms with Gasteiger partial charge in [0.2, 0.25) is 5.96 Å². The number of nitrogens with two attached hydrogens (primary N) is 1. The lowest BCUT2D eigenvalue weighted by molar-refractivity contribution is 0.0328. The van der Waals surface area contributed by atoms with Crippen LogP contribution in [0.4, 0.5) is 15.4 Å². The van der Waals surface area contributed by atoms with Crippen molar-refractivity contribution in [3.63, 3.8) is 0 Å². The molecule has 2 aliphatic rings. The lowest BCUT2D eigenvalue weighted by Gasteiger charge is -2.42. The molecule has 3 amide bonds. The molecule has 2 aromatic rings. The van der Waals surface area contributed by atoms with Crippen LogP contribution in [0.15, 0.2) is 46.1 Å². The number of aryl methyl sites for hydroxylation is 1. The van der Waals surface area contributed by atoms with Gasteiger partial charge in [-0.25, -0.2) is 19.5 Å². The Balaban J connectivity index is 1.42. The number of anilines is 1. The van der Waals surface area contributed by atoms with Gasteiger partial charge in [-0.3, -0.25) is 9.69 Å². The smallest absolute Gasteiger partial charge is 0.437 e. The zero-order valence-corrected chi connectivity index (χ0v) is 30.5. The molecule has 2 fully saturated rings. The summed E-state index contributed by atoms with van der Waals surface area (Å²) in [6, 6.07) is 7.31. The summed E-state index contributed by atoms with van der Waals surface area (Å²) >= 11 is 0. The van der Waals surface area contributed by atoms with Gasteiger partial charge in [0.25, 0.3) is 5.91 Å². The van der Waals surface area contributed by atoms with Crippen LogP contribution in [0, 0.1) is 12.3 Å². The number of aromatic nitrogens is 1. The number of hydrogen-bond acceptors (Lipinski definition) is 8. The Morgan fingerprint density at radius 2 is 1.67 bits per heavy atom. The van der Waals surface area contributed by atoms with Gasteiger partial charge in [0.15, 0.2) is 5.76 Å². The van der Waals surface area contributed by atoms with Gasteiger partial charge < -0.3 is 24.5 Å². The Bertz CT molecular complexity index is 1410. The summed E-state index contributed by atoms with van der Waals surface area (Å²) < 4.78 is 16.5. The molecule has 0 atom stereocenters. The minimum atomic E-state index is -0.850. The molecule has 270 valence electrons. The Labute approximate surface area is 291 Å². The first-order valence-corrected chi connectivity index (χ1v) is 17.6. The number of nitrogens with zero attached hydrogens (tertiary/aromatic N) is 5. The number of guanidine groups is 1. The second kappa shape index (κ2) is 16.2. The van der Waals surface area contributed by atoms with Crippen molar-refractivity contribution < 1.29 is 28.3 Å². The van der Waals surface area contributed by atoms with Gasteiger partial charge in [0, 0.05) is 31.9 Å². The van der Waals surface area contributed by atoms with Gasteiger partial charge in [-0.15, -0.1) is 4.99 Å². The Hall–Kier alpha value is -3.93. The van der Waals surface area contributed by atoms with E-state index in [1.807, 2.05) is 19.1 Å². The number of carbonyl (C=O) groups excluding carboxylic acids is 3. The average molecular weight is 681 g/mol. The van der Waals surface area contributed by atoms with E-state index in [1.165, 1.54) is 17.6 Å². The first-order valence-electron chi connectivity index (χ1n) is 17.6. The highest BCUT2D eigenvalue weighted by atomic mass is 16.6. The Morgan fingerprint density at radius 3 is 2.24 bits per heavy atom. The predicted octanol–water partition coefficient (Wildman–Crippen LogP) is 7.31. The molecule has 12 heteroatoms. The van der Waals surface area contributed by atoms with Crippen molar-refractivity contribution >= 4 is 29.9 Å². The summed E-state index contributed by atoms with van der Waals surface area (Å²) in [7, 11) is 0. The quantitative estimate of drug-likeness (QED) is 0.213. The van der Waals surface area contributed by atoms with E-state index < -0.39 is 23.4 Å². The summed E-state index contributed by atoms with van der Waals surface area (Å²) in [5.41, 5.74) is 5.82. The van der Waals surface area contributed by atoms with E-state index in [1.54, 1.807) is 64.8 Å². The first-order chi connectivity index (χ1) is 23.0. The Kier molecular flexibility index (Phi) is 12.5. The maximum Gasteiger partial charge on any atom is 0.437 e. The molecular weight excluding hydrogens is 624 g/mol. The summed E-state index contributed by atoms with van der Waals surface area (Å²) in [4.78, 5) is 53.4. The van der Waals surface area contributed by atoms with Crippen LogP contribution in [0.1, 0.15) is 115 Å². The van der Waals surface area contributed by atoms with E-state index in [2.05, 4.69) is 14.9 Å².